The number of benzene rings is 1. The molecule has 0 atom stereocenters. The lowest BCUT2D eigenvalue weighted by molar-refractivity contribution is -0.117. The second-order valence-electron chi connectivity index (χ2n) is 5.22. The van der Waals surface area contributed by atoms with Gasteiger partial charge in [0.05, 0.1) is 5.75 Å². The molecule has 0 aliphatic rings. The van der Waals surface area contributed by atoms with Crippen LogP contribution in [-0.2, 0) is 4.79 Å². The molecule has 20 heavy (non-hydrogen) atoms. The van der Waals surface area contributed by atoms with E-state index in [2.05, 4.69) is 10.6 Å². The van der Waals surface area contributed by atoms with E-state index < -0.39 is 23.3 Å². The summed E-state index contributed by atoms with van der Waals surface area (Å²) in [6.45, 7) is 5.43. The summed E-state index contributed by atoms with van der Waals surface area (Å²) < 4.78 is 12.9. The first kappa shape index (κ1) is 16.3. The van der Waals surface area contributed by atoms with Crippen molar-refractivity contribution in [2.75, 3.05) is 11.5 Å². The van der Waals surface area contributed by atoms with Crippen LogP contribution in [0.5, 0.6) is 0 Å². The van der Waals surface area contributed by atoms with E-state index in [-0.39, 0.29) is 11.4 Å². The predicted molar refractivity (Wildman–Crippen MR) is 78.0 cm³/mol. The van der Waals surface area contributed by atoms with E-state index in [4.69, 9.17) is 5.73 Å². The van der Waals surface area contributed by atoms with Crippen LogP contribution in [-0.4, -0.2) is 23.2 Å². The van der Waals surface area contributed by atoms with Gasteiger partial charge in [0, 0.05) is 16.1 Å². The van der Waals surface area contributed by atoms with Gasteiger partial charge < -0.3 is 11.1 Å². The zero-order valence-electron chi connectivity index (χ0n) is 11.6. The van der Waals surface area contributed by atoms with Crippen LogP contribution in [0.1, 0.15) is 20.8 Å². The predicted octanol–water partition coefficient (Wildman–Crippen LogP) is 2.12. The highest BCUT2D eigenvalue weighted by Crippen LogP contribution is 2.25. The number of amides is 3. The van der Waals surface area contributed by atoms with Crippen molar-refractivity contribution < 1.29 is 14.0 Å². The number of nitrogens with two attached hydrogens (primary N) is 1. The monoisotopic (exact) mass is 299 g/mol. The van der Waals surface area contributed by atoms with E-state index in [1.807, 2.05) is 20.8 Å². The van der Waals surface area contributed by atoms with Crippen molar-refractivity contribution in [3.8, 4) is 0 Å². The highest BCUT2D eigenvalue weighted by Gasteiger charge is 2.15. The van der Waals surface area contributed by atoms with Crippen LogP contribution in [0.15, 0.2) is 23.1 Å². The first-order valence-corrected chi connectivity index (χ1v) is 6.96. The summed E-state index contributed by atoms with van der Waals surface area (Å²) in [6, 6.07) is 3.41. The lowest BCUT2D eigenvalue weighted by Gasteiger charge is -2.20. The second kappa shape index (κ2) is 6.60. The van der Waals surface area contributed by atoms with Gasteiger partial charge in [-0.15, -0.1) is 11.8 Å². The molecule has 1 aromatic carbocycles. The van der Waals surface area contributed by atoms with Gasteiger partial charge in [0.2, 0.25) is 5.91 Å². The number of carbonyl (C=O) groups is 2. The Balaban J connectivity index is 2.46. The van der Waals surface area contributed by atoms with E-state index in [0.29, 0.717) is 4.90 Å². The van der Waals surface area contributed by atoms with Crippen LogP contribution in [0.25, 0.3) is 0 Å². The number of nitrogen functional groups attached to an aromatic ring is 1. The Hall–Kier alpha value is -1.76. The topological polar surface area (TPSA) is 84.2 Å². The molecular weight excluding hydrogens is 281 g/mol. The van der Waals surface area contributed by atoms with Crippen molar-refractivity contribution in [1.29, 1.82) is 0 Å². The Morgan fingerprint density at radius 3 is 2.55 bits per heavy atom. The van der Waals surface area contributed by atoms with Crippen LogP contribution >= 0.6 is 11.8 Å². The van der Waals surface area contributed by atoms with E-state index in [1.54, 1.807) is 0 Å². The highest BCUT2D eigenvalue weighted by atomic mass is 32.2. The van der Waals surface area contributed by atoms with Crippen LogP contribution in [0, 0.1) is 5.82 Å². The molecule has 0 radical (unpaired) electrons. The van der Waals surface area contributed by atoms with Gasteiger partial charge in [-0.1, -0.05) is 0 Å². The highest BCUT2D eigenvalue weighted by molar-refractivity contribution is 8.00. The molecule has 1 rings (SSSR count). The Morgan fingerprint density at radius 2 is 2.00 bits per heavy atom. The Morgan fingerprint density at radius 1 is 1.35 bits per heavy atom. The average Bonchev–Trinajstić information content (AvgIpc) is 2.24. The normalized spacial score (nSPS) is 11.0. The molecule has 0 unspecified atom stereocenters. The quantitative estimate of drug-likeness (QED) is 0.589. The second-order valence-corrected chi connectivity index (χ2v) is 6.24. The summed E-state index contributed by atoms with van der Waals surface area (Å²) >= 11 is 1.14. The van der Waals surface area contributed by atoms with Crippen molar-refractivity contribution in [3.05, 3.63) is 24.0 Å². The van der Waals surface area contributed by atoms with E-state index in [0.717, 1.165) is 11.8 Å². The lowest BCUT2D eigenvalue weighted by Crippen LogP contribution is -2.48. The number of rotatable bonds is 3. The fourth-order valence-corrected chi connectivity index (χ4v) is 2.08. The number of thioether (sulfide) groups is 1. The standard InChI is InChI=1S/C13H18FN3O2S/c1-13(2,3)17-12(19)16-11(18)7-20-10-5-4-8(14)6-9(10)15/h4-6H,7,15H2,1-3H3,(H2,16,17,18,19). The smallest absolute Gasteiger partial charge is 0.321 e. The van der Waals surface area contributed by atoms with Crippen LogP contribution in [0.3, 0.4) is 0 Å². The van der Waals surface area contributed by atoms with Crippen molar-refractivity contribution >= 4 is 29.4 Å². The molecule has 4 N–H and O–H groups in total. The molecule has 0 saturated heterocycles. The number of anilines is 1. The van der Waals surface area contributed by atoms with Crippen molar-refractivity contribution in [1.82, 2.24) is 10.6 Å². The van der Waals surface area contributed by atoms with Crippen LogP contribution < -0.4 is 16.4 Å². The SMILES string of the molecule is CC(C)(C)NC(=O)NC(=O)CSc1ccc(F)cc1N. The van der Waals surface area contributed by atoms with Crippen molar-refractivity contribution in [2.45, 2.75) is 31.2 Å². The third-order valence-corrected chi connectivity index (χ3v) is 3.16. The molecule has 1 aromatic rings. The summed E-state index contributed by atoms with van der Waals surface area (Å²) in [5, 5.41) is 4.83. The molecule has 0 aromatic heterocycles. The Kier molecular flexibility index (Phi) is 5.38. The van der Waals surface area contributed by atoms with E-state index >= 15 is 0 Å². The maximum Gasteiger partial charge on any atom is 0.321 e. The fraction of sp³-hybridized carbons (Fsp3) is 0.385. The first-order chi connectivity index (χ1) is 9.17. The molecule has 5 nitrogen and oxygen atoms in total. The Bertz CT molecular complexity index is 515. The molecule has 3 amide bonds. The third-order valence-electron chi connectivity index (χ3n) is 2.07. The van der Waals surface area contributed by atoms with E-state index in [1.165, 1.54) is 18.2 Å². The molecule has 0 aliphatic heterocycles. The summed E-state index contributed by atoms with van der Waals surface area (Å²) in [5.74, 6) is -0.853. The van der Waals surface area contributed by atoms with E-state index in [9.17, 15) is 14.0 Å². The number of carbonyl (C=O) groups excluding carboxylic acids is 2. The van der Waals surface area contributed by atoms with Gasteiger partial charge in [0.1, 0.15) is 5.82 Å². The number of hydrogen-bond acceptors (Lipinski definition) is 4. The maximum atomic E-state index is 12.9. The summed E-state index contributed by atoms with van der Waals surface area (Å²) in [5.41, 5.74) is 5.47. The maximum absolute atomic E-state index is 12.9. The molecule has 110 valence electrons. The fourth-order valence-electron chi connectivity index (χ4n) is 1.33. The zero-order valence-corrected chi connectivity index (χ0v) is 12.4. The van der Waals surface area contributed by atoms with Crippen molar-refractivity contribution in [2.24, 2.45) is 0 Å². The van der Waals surface area contributed by atoms with Gasteiger partial charge in [0.15, 0.2) is 0 Å². The van der Waals surface area contributed by atoms with Gasteiger partial charge >= 0.3 is 6.03 Å². The third kappa shape index (κ3) is 5.92. The zero-order chi connectivity index (χ0) is 15.3. The summed E-state index contributed by atoms with van der Waals surface area (Å²) in [7, 11) is 0. The average molecular weight is 299 g/mol. The Labute approximate surface area is 121 Å². The van der Waals surface area contributed by atoms with Crippen LogP contribution in [0.2, 0.25) is 0 Å². The molecule has 7 heteroatoms. The number of halogens is 1. The molecule has 0 fully saturated rings. The van der Waals surface area contributed by atoms with Crippen LogP contribution in [0.4, 0.5) is 14.9 Å². The minimum absolute atomic E-state index is 0.0212. The summed E-state index contributed by atoms with van der Waals surface area (Å²) in [6.07, 6.45) is 0. The largest absolute Gasteiger partial charge is 0.398 e. The first-order valence-electron chi connectivity index (χ1n) is 5.97. The molecular formula is C13H18FN3O2S. The minimum Gasteiger partial charge on any atom is -0.398 e. The molecule has 0 aliphatic carbocycles. The van der Waals surface area contributed by atoms with Gasteiger partial charge in [-0.05, 0) is 39.0 Å². The minimum atomic E-state index is -0.546. The molecule has 0 bridgehead atoms. The van der Waals surface area contributed by atoms with Gasteiger partial charge in [0.25, 0.3) is 0 Å². The van der Waals surface area contributed by atoms with Crippen molar-refractivity contribution in [3.63, 3.8) is 0 Å². The number of urea groups is 1. The number of nitrogens with one attached hydrogen (secondary N) is 2. The molecule has 0 spiro atoms. The molecule has 0 heterocycles. The van der Waals surface area contributed by atoms with Gasteiger partial charge in [-0.3, -0.25) is 10.1 Å². The summed E-state index contributed by atoms with van der Waals surface area (Å²) in [4.78, 5) is 23.6. The number of hydrogen-bond donors (Lipinski definition) is 3. The molecule has 0 saturated carbocycles. The van der Waals surface area contributed by atoms with Gasteiger partial charge in [-0.25, -0.2) is 9.18 Å². The van der Waals surface area contributed by atoms with Gasteiger partial charge in [-0.2, -0.15) is 0 Å². The number of imide groups is 1. The lowest BCUT2D eigenvalue weighted by atomic mass is 10.1.